The summed E-state index contributed by atoms with van der Waals surface area (Å²) < 4.78 is 0. The van der Waals surface area contributed by atoms with E-state index in [0.717, 1.165) is 35.1 Å². The van der Waals surface area contributed by atoms with Crippen LogP contribution < -0.4 is 0 Å². The van der Waals surface area contributed by atoms with Gasteiger partial charge in [0, 0.05) is 18.9 Å². The van der Waals surface area contributed by atoms with Gasteiger partial charge in [-0.15, -0.1) is 0 Å². The number of fused-ring (bicyclic) bond motifs is 1. The summed E-state index contributed by atoms with van der Waals surface area (Å²) in [6, 6.07) is 3.91. The highest BCUT2D eigenvalue weighted by Gasteiger charge is 2.54. The first-order valence-corrected chi connectivity index (χ1v) is 15.5. The molecule has 1 saturated heterocycles. The smallest absolute Gasteiger partial charge is 0.303 e. The van der Waals surface area contributed by atoms with E-state index in [-0.39, 0.29) is 37.3 Å². The number of aromatic hydroxyl groups is 1. The normalized spacial score (nSPS) is 21.9. The van der Waals surface area contributed by atoms with Crippen molar-refractivity contribution in [1.29, 1.82) is 0 Å². The molecule has 4 atom stereocenters. The van der Waals surface area contributed by atoms with E-state index in [1.165, 1.54) is 10.5 Å². The number of amides is 2. The maximum Gasteiger partial charge on any atom is 0.303 e. The molecule has 42 heavy (non-hydrogen) atoms. The van der Waals surface area contributed by atoms with Crippen LogP contribution in [0, 0.1) is 37.5 Å². The Bertz CT molecular complexity index is 1190. The van der Waals surface area contributed by atoms with E-state index < -0.39 is 29.8 Å². The van der Waals surface area contributed by atoms with E-state index in [2.05, 4.69) is 13.0 Å². The molecular formula is C34H49NO7. The molecule has 0 aromatic heterocycles. The van der Waals surface area contributed by atoms with Crippen molar-refractivity contribution in [3.05, 3.63) is 45.5 Å². The van der Waals surface area contributed by atoms with Crippen molar-refractivity contribution in [1.82, 2.24) is 4.90 Å². The van der Waals surface area contributed by atoms with Crippen LogP contribution in [0.25, 0.3) is 6.08 Å². The zero-order chi connectivity index (χ0) is 31.1. The molecule has 0 saturated carbocycles. The third-order valence-corrected chi connectivity index (χ3v) is 8.93. The Labute approximate surface area is 250 Å². The number of aryl methyl sites for hydroxylation is 2. The zero-order valence-electron chi connectivity index (χ0n) is 25.9. The van der Waals surface area contributed by atoms with E-state index in [9.17, 15) is 29.7 Å². The van der Waals surface area contributed by atoms with Crippen LogP contribution in [0.4, 0.5) is 0 Å². The number of carbonyl (C=O) groups excluding carboxylic acids is 2. The van der Waals surface area contributed by atoms with Gasteiger partial charge in [-0.2, -0.15) is 0 Å². The van der Waals surface area contributed by atoms with E-state index in [4.69, 9.17) is 5.11 Å². The predicted octanol–water partition coefficient (Wildman–Crippen LogP) is 5.54. The highest BCUT2D eigenvalue weighted by atomic mass is 16.4. The van der Waals surface area contributed by atoms with Crippen molar-refractivity contribution in [3.63, 3.8) is 0 Å². The van der Waals surface area contributed by atoms with Crippen molar-refractivity contribution >= 4 is 23.9 Å². The largest absolute Gasteiger partial charge is 0.507 e. The molecule has 1 aromatic rings. The minimum absolute atomic E-state index is 0.0474. The Balaban J connectivity index is 1.80. The predicted molar refractivity (Wildman–Crippen MR) is 163 cm³/mol. The number of aliphatic hydroxyl groups is 2. The summed E-state index contributed by atoms with van der Waals surface area (Å²) in [6.45, 7) is 9.85. The van der Waals surface area contributed by atoms with Crippen LogP contribution in [-0.4, -0.2) is 62.4 Å². The molecule has 0 bridgehead atoms. The van der Waals surface area contributed by atoms with Crippen molar-refractivity contribution in [2.45, 2.75) is 98.5 Å². The number of likely N-dealkylation sites (tertiary alicyclic amines) is 1. The first kappa shape index (κ1) is 33.5. The third-order valence-electron chi connectivity index (χ3n) is 8.93. The molecule has 4 N–H and O–H groups in total. The SMILES string of the molecule is CCC/C(=C\c1cc(C)c(O)c(C)c1)CC[C@@H](O)C1=C(C(C)C)C[C@H]2C(=O)N(CCCCCC(=O)O)C(=O)[C@H]2[C@H]1CO. The standard InChI is InChI=1S/C34H49NO7/c1-6-10-23(17-24-15-21(4)32(40)22(5)16-24)12-13-28(37)30-25(20(2)3)18-26-31(27(30)19-36)34(42)35(33(26)41)14-9-7-8-11-29(38)39/h15-17,20,26-28,31,36-37,40H,6-14,18-19H2,1-5H3,(H,38,39)/b23-17+/t26-,27+,28-,31-/m1/s1. The van der Waals surface area contributed by atoms with Gasteiger partial charge in [-0.3, -0.25) is 19.3 Å². The second kappa shape index (κ2) is 15.0. The highest BCUT2D eigenvalue weighted by Crippen LogP contribution is 2.48. The van der Waals surface area contributed by atoms with Crippen LogP contribution in [-0.2, 0) is 14.4 Å². The number of hydrogen-bond donors (Lipinski definition) is 4. The summed E-state index contributed by atoms with van der Waals surface area (Å²) in [5.74, 6) is -2.88. The molecule has 8 heteroatoms. The van der Waals surface area contributed by atoms with Gasteiger partial charge in [-0.1, -0.05) is 50.8 Å². The molecule has 0 radical (unpaired) electrons. The number of allylic oxidation sites excluding steroid dienone is 2. The average molecular weight is 584 g/mol. The number of carboxylic acids is 1. The molecular weight excluding hydrogens is 534 g/mol. The average Bonchev–Trinajstić information content (AvgIpc) is 3.17. The van der Waals surface area contributed by atoms with Gasteiger partial charge in [0.2, 0.25) is 11.8 Å². The minimum atomic E-state index is -0.860. The molecule has 1 aliphatic carbocycles. The van der Waals surface area contributed by atoms with Gasteiger partial charge >= 0.3 is 5.97 Å². The number of phenolic OH excluding ortho intramolecular Hbond substituents is 1. The first-order chi connectivity index (χ1) is 19.9. The Morgan fingerprint density at radius 1 is 1.05 bits per heavy atom. The lowest BCUT2D eigenvalue weighted by Gasteiger charge is -2.38. The number of rotatable bonds is 15. The number of imide groups is 1. The highest BCUT2D eigenvalue weighted by molar-refractivity contribution is 6.05. The summed E-state index contributed by atoms with van der Waals surface area (Å²) >= 11 is 0. The number of aliphatic hydroxyl groups excluding tert-OH is 2. The van der Waals surface area contributed by atoms with Crippen LogP contribution >= 0.6 is 0 Å². The molecule has 1 aliphatic heterocycles. The number of carbonyl (C=O) groups is 3. The Morgan fingerprint density at radius 3 is 2.29 bits per heavy atom. The number of nitrogens with zero attached hydrogens (tertiary/aromatic N) is 1. The number of benzene rings is 1. The zero-order valence-corrected chi connectivity index (χ0v) is 25.9. The minimum Gasteiger partial charge on any atom is -0.507 e. The van der Waals surface area contributed by atoms with E-state index in [1.54, 1.807) is 0 Å². The monoisotopic (exact) mass is 583 g/mol. The molecule has 1 heterocycles. The summed E-state index contributed by atoms with van der Waals surface area (Å²) in [4.78, 5) is 39.0. The molecule has 2 aliphatic rings. The summed E-state index contributed by atoms with van der Waals surface area (Å²) in [5.41, 5.74) is 5.49. The second-order valence-electron chi connectivity index (χ2n) is 12.4. The van der Waals surface area contributed by atoms with Crippen LogP contribution in [0.15, 0.2) is 28.9 Å². The fourth-order valence-corrected chi connectivity index (χ4v) is 6.83. The molecule has 0 unspecified atom stereocenters. The van der Waals surface area contributed by atoms with Crippen molar-refractivity contribution in [2.24, 2.45) is 23.7 Å². The van der Waals surface area contributed by atoms with Crippen LogP contribution in [0.3, 0.4) is 0 Å². The van der Waals surface area contributed by atoms with Gasteiger partial charge in [-0.05, 0) is 92.7 Å². The van der Waals surface area contributed by atoms with Gasteiger partial charge in [0.25, 0.3) is 0 Å². The number of unbranched alkanes of at least 4 members (excludes halogenated alkanes) is 2. The van der Waals surface area contributed by atoms with Crippen LogP contribution in [0.5, 0.6) is 5.75 Å². The van der Waals surface area contributed by atoms with Gasteiger partial charge < -0.3 is 20.4 Å². The van der Waals surface area contributed by atoms with Gasteiger partial charge in [0.15, 0.2) is 0 Å². The molecule has 232 valence electrons. The molecule has 3 rings (SSSR count). The fraction of sp³-hybridized carbons (Fsp3) is 0.618. The maximum absolute atomic E-state index is 13.5. The molecule has 1 aromatic carbocycles. The summed E-state index contributed by atoms with van der Waals surface area (Å²) in [7, 11) is 0. The lowest BCUT2D eigenvalue weighted by atomic mass is 9.66. The van der Waals surface area contributed by atoms with Gasteiger partial charge in [0.1, 0.15) is 5.75 Å². The van der Waals surface area contributed by atoms with Gasteiger partial charge in [0.05, 0.1) is 24.5 Å². The Hall–Kier alpha value is -2.97. The molecule has 2 amide bonds. The van der Waals surface area contributed by atoms with Gasteiger partial charge in [-0.25, -0.2) is 0 Å². The van der Waals surface area contributed by atoms with E-state index in [0.29, 0.717) is 49.8 Å². The lowest BCUT2D eigenvalue weighted by Crippen LogP contribution is -2.40. The number of aliphatic carboxylic acids is 1. The number of hydrogen-bond acceptors (Lipinski definition) is 6. The maximum atomic E-state index is 13.5. The summed E-state index contributed by atoms with van der Waals surface area (Å²) in [6.07, 6.45) is 6.28. The second-order valence-corrected chi connectivity index (χ2v) is 12.4. The Morgan fingerprint density at radius 2 is 1.71 bits per heavy atom. The third kappa shape index (κ3) is 7.70. The first-order valence-electron chi connectivity index (χ1n) is 15.5. The number of carboxylic acid groups (broad SMARTS) is 1. The van der Waals surface area contributed by atoms with Crippen molar-refractivity contribution in [2.75, 3.05) is 13.2 Å². The van der Waals surface area contributed by atoms with Crippen LogP contribution in [0.2, 0.25) is 0 Å². The summed E-state index contributed by atoms with van der Waals surface area (Å²) in [5, 5.41) is 41.2. The van der Waals surface area contributed by atoms with Crippen molar-refractivity contribution in [3.8, 4) is 5.75 Å². The van der Waals surface area contributed by atoms with Crippen LogP contribution in [0.1, 0.15) is 95.2 Å². The quantitative estimate of drug-likeness (QED) is 0.121. The lowest BCUT2D eigenvalue weighted by molar-refractivity contribution is -0.141. The molecule has 0 spiro atoms. The van der Waals surface area contributed by atoms with Crippen molar-refractivity contribution < 1.29 is 34.8 Å². The fourth-order valence-electron chi connectivity index (χ4n) is 6.83. The molecule has 8 nitrogen and oxygen atoms in total. The topological polar surface area (TPSA) is 135 Å². The number of phenols is 1. The van der Waals surface area contributed by atoms with E-state index in [1.807, 2.05) is 39.8 Å². The van der Waals surface area contributed by atoms with E-state index >= 15 is 0 Å². The Kier molecular flexibility index (Phi) is 11.9. The molecule has 1 fully saturated rings.